The van der Waals surface area contributed by atoms with Gasteiger partial charge in [-0.15, -0.1) is 0 Å². The van der Waals surface area contributed by atoms with E-state index in [1.54, 1.807) is 17.0 Å². The Balaban J connectivity index is 2.00. The van der Waals surface area contributed by atoms with Gasteiger partial charge in [-0.3, -0.25) is 4.90 Å². The largest absolute Gasteiger partial charge is 0.434 e. The molecule has 0 amide bonds. The predicted octanol–water partition coefficient (Wildman–Crippen LogP) is 3.89. The normalized spacial score (nSPS) is 19.1. The van der Waals surface area contributed by atoms with E-state index in [9.17, 15) is 17.6 Å². The minimum atomic E-state index is -2.89. The van der Waals surface area contributed by atoms with E-state index in [0.717, 1.165) is 5.56 Å². The van der Waals surface area contributed by atoms with Gasteiger partial charge in [0.25, 0.3) is 5.92 Å². The molecule has 0 spiro atoms. The third-order valence-electron chi connectivity index (χ3n) is 2.87. The van der Waals surface area contributed by atoms with Crippen LogP contribution in [0.15, 0.2) is 22.7 Å². The standard InChI is InChI=1S/C12H12BrF4NO/c13-9-5-8(1-2-10(9)19-11(14)15)6-18-4-3-12(16,17)7-18/h1-2,5,11H,3-4,6-7H2. The SMILES string of the molecule is FC(F)Oc1ccc(CN2CCC(F)(F)C2)cc1Br. The summed E-state index contributed by atoms with van der Waals surface area (Å²) in [7, 11) is 0. The van der Waals surface area contributed by atoms with Crippen molar-refractivity contribution < 1.29 is 22.3 Å². The van der Waals surface area contributed by atoms with Gasteiger partial charge in [-0.25, -0.2) is 8.78 Å². The zero-order valence-electron chi connectivity index (χ0n) is 9.88. The summed E-state index contributed by atoms with van der Waals surface area (Å²) < 4.78 is 54.9. The first-order valence-electron chi connectivity index (χ1n) is 5.69. The molecule has 1 aliphatic heterocycles. The summed E-state index contributed by atoms with van der Waals surface area (Å²) in [4.78, 5) is 1.63. The van der Waals surface area contributed by atoms with Crippen molar-refractivity contribution in [2.75, 3.05) is 13.1 Å². The molecule has 0 N–H and O–H groups in total. The molecule has 1 aliphatic rings. The number of nitrogens with zero attached hydrogens (tertiary/aromatic N) is 1. The van der Waals surface area contributed by atoms with E-state index in [2.05, 4.69) is 20.7 Å². The maximum absolute atomic E-state index is 13.0. The van der Waals surface area contributed by atoms with Gasteiger partial charge >= 0.3 is 6.61 Å². The monoisotopic (exact) mass is 341 g/mol. The lowest BCUT2D eigenvalue weighted by Crippen LogP contribution is -2.24. The van der Waals surface area contributed by atoms with Gasteiger partial charge in [-0.1, -0.05) is 6.07 Å². The molecule has 0 saturated carbocycles. The second kappa shape index (κ2) is 5.66. The molecule has 1 heterocycles. The summed E-state index contributed by atoms with van der Waals surface area (Å²) in [6.07, 6.45) is -0.138. The number of halogens is 5. The minimum Gasteiger partial charge on any atom is -0.434 e. The number of alkyl halides is 4. The second-order valence-corrected chi connectivity index (χ2v) is 5.31. The maximum atomic E-state index is 13.0. The molecule has 1 fully saturated rings. The first kappa shape index (κ1) is 14.6. The van der Waals surface area contributed by atoms with E-state index in [1.807, 2.05) is 0 Å². The molecule has 0 atom stereocenters. The lowest BCUT2D eigenvalue weighted by molar-refractivity contribution is -0.0503. The van der Waals surface area contributed by atoms with Gasteiger partial charge < -0.3 is 4.74 Å². The summed E-state index contributed by atoms with van der Waals surface area (Å²) in [6, 6.07) is 4.60. The third kappa shape index (κ3) is 4.07. The Morgan fingerprint density at radius 3 is 2.63 bits per heavy atom. The van der Waals surface area contributed by atoms with Crippen LogP contribution in [0.3, 0.4) is 0 Å². The summed E-state index contributed by atoms with van der Waals surface area (Å²) >= 11 is 3.12. The van der Waals surface area contributed by atoms with Crippen molar-refractivity contribution >= 4 is 15.9 Å². The Morgan fingerprint density at radius 2 is 2.11 bits per heavy atom. The topological polar surface area (TPSA) is 12.5 Å². The number of hydrogen-bond donors (Lipinski definition) is 0. The first-order valence-corrected chi connectivity index (χ1v) is 6.48. The van der Waals surface area contributed by atoms with Crippen LogP contribution in [-0.4, -0.2) is 30.5 Å². The Hall–Kier alpha value is -0.820. The Bertz CT molecular complexity index is 455. The molecule has 0 bridgehead atoms. The highest BCUT2D eigenvalue weighted by Gasteiger charge is 2.37. The molecule has 1 aromatic rings. The van der Waals surface area contributed by atoms with E-state index in [4.69, 9.17) is 0 Å². The molecule has 2 nitrogen and oxygen atoms in total. The van der Waals surface area contributed by atoms with Gasteiger partial charge in [0.15, 0.2) is 0 Å². The van der Waals surface area contributed by atoms with E-state index >= 15 is 0 Å². The van der Waals surface area contributed by atoms with Crippen LogP contribution in [-0.2, 0) is 6.54 Å². The van der Waals surface area contributed by atoms with Crippen LogP contribution in [0.2, 0.25) is 0 Å². The van der Waals surface area contributed by atoms with E-state index < -0.39 is 12.5 Å². The van der Waals surface area contributed by atoms with Gasteiger partial charge in [0.1, 0.15) is 5.75 Å². The smallest absolute Gasteiger partial charge is 0.387 e. The van der Waals surface area contributed by atoms with Crippen LogP contribution in [0.4, 0.5) is 17.6 Å². The van der Waals surface area contributed by atoms with Crippen LogP contribution in [0.25, 0.3) is 0 Å². The van der Waals surface area contributed by atoms with Crippen molar-refractivity contribution in [3.63, 3.8) is 0 Å². The highest BCUT2D eigenvalue weighted by molar-refractivity contribution is 9.10. The molecule has 1 saturated heterocycles. The average molecular weight is 342 g/mol. The number of rotatable bonds is 4. The van der Waals surface area contributed by atoms with Crippen molar-refractivity contribution in [1.29, 1.82) is 0 Å². The molecule has 0 radical (unpaired) electrons. The van der Waals surface area contributed by atoms with Crippen LogP contribution >= 0.6 is 15.9 Å². The Morgan fingerprint density at radius 1 is 1.37 bits per heavy atom. The summed E-state index contributed by atoms with van der Waals surface area (Å²) in [5.74, 6) is -2.60. The van der Waals surface area contributed by atoms with Gasteiger partial charge in [-0.05, 0) is 33.6 Å². The Kier molecular flexibility index (Phi) is 4.35. The number of likely N-dealkylation sites (tertiary alicyclic amines) is 1. The predicted molar refractivity (Wildman–Crippen MR) is 65.6 cm³/mol. The Labute approximate surface area is 116 Å². The van der Waals surface area contributed by atoms with Crippen molar-refractivity contribution in [3.05, 3.63) is 28.2 Å². The zero-order chi connectivity index (χ0) is 14.0. The molecular formula is C12H12BrF4NO. The maximum Gasteiger partial charge on any atom is 0.387 e. The average Bonchev–Trinajstić information content (AvgIpc) is 2.61. The summed E-state index contributed by atoms with van der Waals surface area (Å²) in [6.45, 7) is -2.46. The van der Waals surface area contributed by atoms with Crippen LogP contribution in [0.1, 0.15) is 12.0 Å². The summed E-state index contributed by atoms with van der Waals surface area (Å²) in [5.41, 5.74) is 0.770. The fourth-order valence-corrected chi connectivity index (χ4v) is 2.55. The third-order valence-corrected chi connectivity index (χ3v) is 3.49. The van der Waals surface area contributed by atoms with Gasteiger partial charge in [0.05, 0.1) is 11.0 Å². The van der Waals surface area contributed by atoms with Crippen molar-refractivity contribution in [2.24, 2.45) is 0 Å². The quantitative estimate of drug-likeness (QED) is 0.770. The van der Waals surface area contributed by atoms with Crippen molar-refractivity contribution in [3.8, 4) is 5.75 Å². The molecular weight excluding hydrogens is 330 g/mol. The van der Waals surface area contributed by atoms with Gasteiger partial charge in [0, 0.05) is 19.5 Å². The highest BCUT2D eigenvalue weighted by atomic mass is 79.9. The molecule has 19 heavy (non-hydrogen) atoms. The highest BCUT2D eigenvalue weighted by Crippen LogP contribution is 2.30. The zero-order valence-corrected chi connectivity index (χ0v) is 11.5. The fourth-order valence-electron chi connectivity index (χ4n) is 2.03. The van der Waals surface area contributed by atoms with Crippen molar-refractivity contribution in [2.45, 2.75) is 25.5 Å². The fraction of sp³-hybridized carbons (Fsp3) is 0.500. The van der Waals surface area contributed by atoms with E-state index in [-0.39, 0.29) is 18.7 Å². The van der Waals surface area contributed by atoms with E-state index in [0.29, 0.717) is 17.6 Å². The molecule has 0 aliphatic carbocycles. The second-order valence-electron chi connectivity index (χ2n) is 4.46. The van der Waals surface area contributed by atoms with Crippen LogP contribution in [0, 0.1) is 0 Å². The number of ether oxygens (including phenoxy) is 1. The molecule has 0 unspecified atom stereocenters. The number of hydrogen-bond acceptors (Lipinski definition) is 2. The van der Waals surface area contributed by atoms with Gasteiger partial charge in [-0.2, -0.15) is 8.78 Å². The lowest BCUT2D eigenvalue weighted by Gasteiger charge is -2.16. The lowest BCUT2D eigenvalue weighted by atomic mass is 10.2. The minimum absolute atomic E-state index is 0.0329. The first-order chi connectivity index (χ1) is 8.85. The summed E-state index contributed by atoms with van der Waals surface area (Å²) in [5, 5.41) is 0. The van der Waals surface area contributed by atoms with Gasteiger partial charge in [0.2, 0.25) is 0 Å². The molecule has 106 valence electrons. The van der Waals surface area contributed by atoms with Crippen LogP contribution in [0.5, 0.6) is 5.75 Å². The molecule has 7 heteroatoms. The molecule has 2 rings (SSSR count). The molecule has 1 aromatic carbocycles. The van der Waals surface area contributed by atoms with E-state index in [1.165, 1.54) is 6.07 Å². The van der Waals surface area contributed by atoms with Crippen molar-refractivity contribution in [1.82, 2.24) is 4.90 Å². The number of benzene rings is 1. The molecule has 0 aromatic heterocycles. The van der Waals surface area contributed by atoms with Crippen LogP contribution < -0.4 is 4.74 Å².